The summed E-state index contributed by atoms with van der Waals surface area (Å²) in [4.78, 5) is 20.9. The highest BCUT2D eigenvalue weighted by Gasteiger charge is 2.25. The fraction of sp³-hybridized carbons (Fsp3) is 0.263. The minimum atomic E-state index is -0.314. The number of phenols is 1. The Balaban J connectivity index is 1.79. The summed E-state index contributed by atoms with van der Waals surface area (Å²) in [5.74, 6) is 0.0726. The summed E-state index contributed by atoms with van der Waals surface area (Å²) in [5, 5.41) is 17.9. The second-order valence-electron chi connectivity index (χ2n) is 7.02. The molecule has 28 heavy (non-hydrogen) atoms. The molecule has 0 aliphatic carbocycles. The Morgan fingerprint density at radius 1 is 1.36 bits per heavy atom. The van der Waals surface area contributed by atoms with Crippen molar-refractivity contribution in [3.05, 3.63) is 48.2 Å². The highest BCUT2D eigenvalue weighted by atomic mass is 32.1. The third-order valence-electron chi connectivity index (χ3n) is 3.81. The van der Waals surface area contributed by atoms with E-state index in [0.29, 0.717) is 10.9 Å². The first-order valence-electron chi connectivity index (χ1n) is 8.50. The molecule has 3 aromatic rings. The number of methoxy groups -OCH3 is 1. The lowest BCUT2D eigenvalue weighted by Crippen LogP contribution is -2.15. The fourth-order valence-corrected chi connectivity index (χ4v) is 3.55. The van der Waals surface area contributed by atoms with E-state index in [9.17, 15) is 9.90 Å². The minimum absolute atomic E-state index is 0.0437. The van der Waals surface area contributed by atoms with Crippen LogP contribution >= 0.6 is 11.3 Å². The summed E-state index contributed by atoms with van der Waals surface area (Å²) in [5.41, 5.74) is 1.33. The number of hydrogen-bond donors (Lipinski definition) is 2. The molecule has 1 amide bonds. The maximum absolute atomic E-state index is 12.3. The Kier molecular flexibility index (Phi) is 5.46. The van der Waals surface area contributed by atoms with Crippen LogP contribution in [0.2, 0.25) is 0 Å². The van der Waals surface area contributed by atoms with Crippen LogP contribution in [0.25, 0.3) is 11.1 Å². The van der Waals surface area contributed by atoms with Gasteiger partial charge in [-0.2, -0.15) is 5.10 Å². The molecule has 3 rings (SSSR count). The quantitative estimate of drug-likeness (QED) is 0.638. The number of anilines is 1. The number of hydrogen-bond acceptors (Lipinski definition) is 7. The first kappa shape index (κ1) is 19.6. The average molecular weight is 399 g/mol. The number of nitrogens with one attached hydrogen (secondary N) is 1. The van der Waals surface area contributed by atoms with Crippen molar-refractivity contribution in [2.45, 2.75) is 26.2 Å². The van der Waals surface area contributed by atoms with Gasteiger partial charge in [0.15, 0.2) is 16.6 Å². The lowest BCUT2D eigenvalue weighted by atomic mass is 9.92. The Bertz CT molecular complexity index is 1000. The molecule has 2 heterocycles. The zero-order valence-electron chi connectivity index (χ0n) is 16.0. The monoisotopic (exact) mass is 399 g/mol. The second kappa shape index (κ2) is 7.81. The van der Waals surface area contributed by atoms with E-state index >= 15 is 0 Å². The lowest BCUT2D eigenvalue weighted by Gasteiger charge is -2.16. The molecule has 0 saturated heterocycles. The second-order valence-corrected chi connectivity index (χ2v) is 7.99. The predicted octanol–water partition coefficient (Wildman–Crippen LogP) is 3.39. The summed E-state index contributed by atoms with van der Waals surface area (Å²) in [6.45, 7) is 6.14. The number of carbonyl (C=O) groups is 1. The summed E-state index contributed by atoms with van der Waals surface area (Å²) in [6, 6.07) is 4.84. The Morgan fingerprint density at radius 3 is 2.79 bits per heavy atom. The van der Waals surface area contributed by atoms with Gasteiger partial charge in [0.25, 0.3) is 0 Å². The van der Waals surface area contributed by atoms with Gasteiger partial charge < -0.3 is 9.84 Å². The van der Waals surface area contributed by atoms with Gasteiger partial charge in [-0.05, 0) is 23.8 Å². The molecule has 0 aliphatic rings. The SMILES string of the molecule is COc1cc(/C=C/C(=O)Nc2nc(C(C)(C)C)c(-n3cncn3)s2)ccc1O. The van der Waals surface area contributed by atoms with E-state index in [-0.39, 0.29) is 17.1 Å². The number of ether oxygens (including phenoxy) is 1. The lowest BCUT2D eigenvalue weighted by molar-refractivity contribution is -0.111. The van der Waals surface area contributed by atoms with E-state index in [1.807, 2.05) is 20.8 Å². The summed E-state index contributed by atoms with van der Waals surface area (Å²) >= 11 is 1.33. The molecule has 0 bridgehead atoms. The van der Waals surface area contributed by atoms with Gasteiger partial charge >= 0.3 is 0 Å². The van der Waals surface area contributed by atoms with E-state index in [2.05, 4.69) is 20.4 Å². The van der Waals surface area contributed by atoms with E-state index in [1.54, 1.807) is 29.2 Å². The van der Waals surface area contributed by atoms with Crippen molar-refractivity contribution < 1.29 is 14.6 Å². The topological polar surface area (TPSA) is 102 Å². The maximum Gasteiger partial charge on any atom is 0.250 e. The van der Waals surface area contributed by atoms with E-state index in [4.69, 9.17) is 4.74 Å². The minimum Gasteiger partial charge on any atom is -0.504 e. The molecule has 0 spiro atoms. The third kappa shape index (κ3) is 4.37. The molecule has 0 saturated carbocycles. The van der Waals surface area contributed by atoms with Gasteiger partial charge in [-0.1, -0.05) is 38.2 Å². The number of aromatic nitrogens is 4. The molecule has 9 heteroatoms. The van der Waals surface area contributed by atoms with Crippen molar-refractivity contribution in [1.82, 2.24) is 19.7 Å². The summed E-state index contributed by atoms with van der Waals surface area (Å²) in [6.07, 6.45) is 6.10. The van der Waals surface area contributed by atoms with Gasteiger partial charge in [0.2, 0.25) is 5.91 Å². The van der Waals surface area contributed by atoms with E-state index in [0.717, 1.165) is 16.3 Å². The largest absolute Gasteiger partial charge is 0.504 e. The van der Waals surface area contributed by atoms with Crippen LogP contribution in [-0.2, 0) is 10.2 Å². The van der Waals surface area contributed by atoms with Gasteiger partial charge in [0.1, 0.15) is 17.7 Å². The van der Waals surface area contributed by atoms with Crippen LogP contribution in [0.3, 0.4) is 0 Å². The zero-order chi connectivity index (χ0) is 20.3. The smallest absolute Gasteiger partial charge is 0.250 e. The Morgan fingerprint density at radius 2 is 2.14 bits per heavy atom. The molecule has 0 unspecified atom stereocenters. The number of nitrogens with zero attached hydrogens (tertiary/aromatic N) is 4. The van der Waals surface area contributed by atoms with E-state index < -0.39 is 0 Å². The first-order valence-corrected chi connectivity index (χ1v) is 9.32. The standard InChI is InChI=1S/C19H21N5O3S/c1-19(2,3)16-17(24-11-20-10-21-24)28-18(23-16)22-15(26)8-6-12-5-7-13(25)14(9-12)27-4/h5-11,25H,1-4H3,(H,22,23,26)/b8-6+. The summed E-state index contributed by atoms with van der Waals surface area (Å²) in [7, 11) is 1.47. The number of amides is 1. The molecule has 8 nitrogen and oxygen atoms in total. The number of thiazole rings is 1. The molecule has 0 aliphatic heterocycles. The molecule has 146 valence electrons. The number of rotatable bonds is 5. The first-order chi connectivity index (χ1) is 13.3. The molecule has 0 atom stereocenters. The van der Waals surface area contributed by atoms with Crippen molar-refractivity contribution in [2.75, 3.05) is 12.4 Å². The molecule has 2 N–H and O–H groups in total. The molecule has 1 aromatic carbocycles. The predicted molar refractivity (Wildman–Crippen MR) is 108 cm³/mol. The average Bonchev–Trinajstić information content (AvgIpc) is 3.30. The molecule has 2 aromatic heterocycles. The van der Waals surface area contributed by atoms with Gasteiger partial charge in [-0.25, -0.2) is 14.6 Å². The van der Waals surface area contributed by atoms with Crippen LogP contribution in [-0.4, -0.2) is 37.9 Å². The van der Waals surface area contributed by atoms with E-state index in [1.165, 1.54) is 36.9 Å². The number of aromatic hydroxyl groups is 1. The Hall–Kier alpha value is -3.20. The van der Waals surface area contributed by atoms with Crippen LogP contribution in [0.1, 0.15) is 32.0 Å². The number of phenolic OH excluding ortho intramolecular Hbond substituents is 1. The molecule has 0 fully saturated rings. The summed E-state index contributed by atoms with van der Waals surface area (Å²) < 4.78 is 6.71. The van der Waals surface area contributed by atoms with Gasteiger partial charge in [-0.15, -0.1) is 0 Å². The highest BCUT2D eigenvalue weighted by molar-refractivity contribution is 7.18. The van der Waals surface area contributed by atoms with Crippen molar-refractivity contribution >= 4 is 28.5 Å². The van der Waals surface area contributed by atoms with Crippen LogP contribution in [0, 0.1) is 0 Å². The van der Waals surface area contributed by atoms with Gasteiger partial charge in [0.05, 0.1) is 12.8 Å². The maximum atomic E-state index is 12.3. The molecular formula is C19H21N5O3S. The normalized spacial score (nSPS) is 11.7. The van der Waals surface area contributed by atoms with Crippen LogP contribution in [0.5, 0.6) is 11.5 Å². The van der Waals surface area contributed by atoms with Crippen LogP contribution < -0.4 is 10.1 Å². The fourth-order valence-electron chi connectivity index (χ4n) is 2.44. The Labute approximate surface area is 166 Å². The van der Waals surface area contributed by atoms with Crippen LogP contribution in [0.15, 0.2) is 36.9 Å². The van der Waals surface area contributed by atoms with Crippen molar-refractivity contribution in [2.24, 2.45) is 0 Å². The third-order valence-corrected chi connectivity index (χ3v) is 4.77. The van der Waals surface area contributed by atoms with Gasteiger partial charge in [0, 0.05) is 11.5 Å². The van der Waals surface area contributed by atoms with Crippen LogP contribution in [0.4, 0.5) is 5.13 Å². The van der Waals surface area contributed by atoms with Crippen molar-refractivity contribution in [3.8, 4) is 16.5 Å². The number of benzene rings is 1. The highest BCUT2D eigenvalue weighted by Crippen LogP contribution is 2.34. The number of carbonyl (C=O) groups excluding carboxylic acids is 1. The molecular weight excluding hydrogens is 378 g/mol. The molecule has 0 radical (unpaired) electrons. The zero-order valence-corrected chi connectivity index (χ0v) is 16.8. The van der Waals surface area contributed by atoms with Crippen molar-refractivity contribution in [1.29, 1.82) is 0 Å². The van der Waals surface area contributed by atoms with Gasteiger partial charge in [-0.3, -0.25) is 10.1 Å². The van der Waals surface area contributed by atoms with Crippen molar-refractivity contribution in [3.63, 3.8) is 0 Å².